The number of halogens is 2. The Morgan fingerprint density at radius 2 is 2.18 bits per heavy atom. The lowest BCUT2D eigenvalue weighted by Gasteiger charge is -2.32. The van der Waals surface area contributed by atoms with E-state index in [9.17, 15) is 0 Å². The molecule has 0 N–H and O–H groups in total. The second kappa shape index (κ2) is 3.31. The fourth-order valence-electron chi connectivity index (χ4n) is 2.95. The van der Waals surface area contributed by atoms with E-state index < -0.39 is 0 Å². The summed E-state index contributed by atoms with van der Waals surface area (Å²) in [4.78, 5) is 0. The third-order valence-electron chi connectivity index (χ3n) is 3.68. The van der Waals surface area contributed by atoms with Crippen molar-refractivity contribution in [3.05, 3.63) is 0 Å². The number of rotatable bonds is 2. The Morgan fingerprint density at radius 3 is 2.64 bits per heavy atom. The SMILES string of the molecule is ICC1CC2CCC1(CI)C2. The van der Waals surface area contributed by atoms with Crippen LogP contribution in [0.15, 0.2) is 0 Å². The Morgan fingerprint density at radius 1 is 1.36 bits per heavy atom. The molecule has 2 aliphatic rings. The topological polar surface area (TPSA) is 0 Å². The van der Waals surface area contributed by atoms with Crippen LogP contribution in [0.4, 0.5) is 0 Å². The normalized spacial score (nSPS) is 48.5. The fraction of sp³-hybridized carbons (Fsp3) is 1.00. The molecule has 64 valence electrons. The molecule has 2 heteroatoms. The predicted octanol–water partition coefficient (Wildman–Crippen LogP) is 3.66. The maximum absolute atomic E-state index is 2.60. The van der Waals surface area contributed by atoms with E-state index in [1.807, 2.05) is 0 Å². The van der Waals surface area contributed by atoms with Crippen molar-refractivity contribution in [3.63, 3.8) is 0 Å². The lowest BCUT2D eigenvalue weighted by Crippen LogP contribution is -2.27. The van der Waals surface area contributed by atoms with Gasteiger partial charge in [0.2, 0.25) is 0 Å². The molecule has 0 saturated heterocycles. The summed E-state index contributed by atoms with van der Waals surface area (Å²) >= 11 is 5.18. The Kier molecular flexibility index (Phi) is 2.72. The average Bonchev–Trinajstić information content (AvgIpc) is 2.60. The second-order valence-electron chi connectivity index (χ2n) is 4.19. The van der Waals surface area contributed by atoms with Gasteiger partial charge in [-0.2, -0.15) is 0 Å². The molecular formula is C9H14I2. The number of hydrogen-bond donors (Lipinski definition) is 0. The third kappa shape index (κ3) is 1.36. The fourth-order valence-corrected chi connectivity index (χ4v) is 5.56. The summed E-state index contributed by atoms with van der Waals surface area (Å²) in [7, 11) is 0. The Labute approximate surface area is 96.2 Å². The summed E-state index contributed by atoms with van der Waals surface area (Å²) in [5, 5.41) is 0. The molecule has 2 bridgehead atoms. The largest absolute Gasteiger partial charge is 0.0861 e. The molecule has 0 heterocycles. The molecular weight excluding hydrogens is 362 g/mol. The summed E-state index contributed by atoms with van der Waals surface area (Å²) < 4.78 is 2.81. The van der Waals surface area contributed by atoms with Crippen molar-refractivity contribution in [2.45, 2.75) is 25.7 Å². The highest BCUT2D eigenvalue weighted by atomic mass is 127. The molecule has 11 heavy (non-hydrogen) atoms. The average molecular weight is 376 g/mol. The summed E-state index contributed by atoms with van der Waals surface area (Å²) in [6.07, 6.45) is 6.18. The van der Waals surface area contributed by atoms with Gasteiger partial charge in [0.25, 0.3) is 0 Å². The maximum atomic E-state index is 2.60. The first-order valence-electron chi connectivity index (χ1n) is 4.43. The number of hydrogen-bond acceptors (Lipinski definition) is 0. The van der Waals surface area contributed by atoms with Crippen molar-refractivity contribution in [1.82, 2.24) is 0 Å². The highest BCUT2D eigenvalue weighted by Crippen LogP contribution is 2.58. The molecule has 0 spiro atoms. The van der Waals surface area contributed by atoms with Gasteiger partial charge in [-0.1, -0.05) is 45.2 Å². The van der Waals surface area contributed by atoms with Gasteiger partial charge in [0.15, 0.2) is 0 Å². The van der Waals surface area contributed by atoms with Crippen molar-refractivity contribution in [1.29, 1.82) is 0 Å². The first-order chi connectivity index (χ1) is 5.30. The van der Waals surface area contributed by atoms with Crippen LogP contribution in [-0.4, -0.2) is 8.86 Å². The molecule has 2 rings (SSSR count). The zero-order chi connectivity index (χ0) is 7.90. The Balaban J connectivity index is 2.15. The van der Waals surface area contributed by atoms with Crippen molar-refractivity contribution in [2.24, 2.45) is 17.3 Å². The summed E-state index contributed by atoms with van der Waals surface area (Å²) in [6, 6.07) is 0. The predicted molar refractivity (Wildman–Crippen MR) is 65.7 cm³/mol. The quantitative estimate of drug-likeness (QED) is 0.510. The molecule has 0 aromatic carbocycles. The van der Waals surface area contributed by atoms with E-state index in [0.717, 1.165) is 17.3 Å². The van der Waals surface area contributed by atoms with Crippen molar-refractivity contribution in [2.75, 3.05) is 8.86 Å². The maximum Gasteiger partial charge on any atom is 0.00550 e. The highest BCUT2D eigenvalue weighted by molar-refractivity contribution is 14.1. The zero-order valence-electron chi connectivity index (χ0n) is 6.65. The molecule has 2 saturated carbocycles. The van der Waals surface area contributed by atoms with Crippen molar-refractivity contribution in [3.8, 4) is 0 Å². The van der Waals surface area contributed by atoms with E-state index in [2.05, 4.69) is 45.2 Å². The summed E-state index contributed by atoms with van der Waals surface area (Å²) in [6.45, 7) is 0. The van der Waals surface area contributed by atoms with Crippen LogP contribution in [-0.2, 0) is 0 Å². The van der Waals surface area contributed by atoms with Gasteiger partial charge in [-0.25, -0.2) is 0 Å². The first kappa shape index (κ1) is 9.03. The molecule has 0 aromatic heterocycles. The van der Waals surface area contributed by atoms with Crippen LogP contribution in [0.5, 0.6) is 0 Å². The molecule has 0 aliphatic heterocycles. The highest BCUT2D eigenvalue weighted by Gasteiger charge is 2.50. The van der Waals surface area contributed by atoms with Gasteiger partial charge < -0.3 is 0 Å². The van der Waals surface area contributed by atoms with Gasteiger partial charge in [0, 0.05) is 8.86 Å². The van der Waals surface area contributed by atoms with Crippen LogP contribution in [0.1, 0.15) is 25.7 Å². The van der Waals surface area contributed by atoms with Gasteiger partial charge in [0.05, 0.1) is 0 Å². The standard InChI is InChI=1S/C9H14I2/c10-5-8-3-7-1-2-9(8,4-7)6-11/h7-8H,1-6H2. The second-order valence-corrected chi connectivity index (χ2v) is 5.84. The van der Waals surface area contributed by atoms with Crippen LogP contribution >= 0.6 is 45.2 Å². The minimum Gasteiger partial charge on any atom is -0.0861 e. The molecule has 0 aromatic rings. The van der Waals surface area contributed by atoms with Crippen molar-refractivity contribution >= 4 is 45.2 Å². The summed E-state index contributed by atoms with van der Waals surface area (Å²) in [5.74, 6) is 2.18. The molecule has 2 fully saturated rings. The summed E-state index contributed by atoms with van der Waals surface area (Å²) in [5.41, 5.74) is 0.798. The Hall–Kier alpha value is 1.46. The Bertz CT molecular complexity index is 158. The third-order valence-corrected chi connectivity index (χ3v) is 6.26. The molecule has 0 nitrogen and oxygen atoms in total. The minimum atomic E-state index is 0.798. The lowest BCUT2D eigenvalue weighted by molar-refractivity contribution is 0.248. The van der Waals surface area contributed by atoms with Crippen LogP contribution in [0, 0.1) is 17.3 Å². The molecule has 0 amide bonds. The monoisotopic (exact) mass is 376 g/mol. The zero-order valence-corrected chi connectivity index (χ0v) is 11.0. The van der Waals surface area contributed by atoms with Crippen LogP contribution in [0.3, 0.4) is 0 Å². The van der Waals surface area contributed by atoms with E-state index in [0.29, 0.717) is 0 Å². The molecule has 2 aliphatic carbocycles. The van der Waals surface area contributed by atoms with E-state index in [-0.39, 0.29) is 0 Å². The van der Waals surface area contributed by atoms with E-state index in [1.165, 1.54) is 21.7 Å². The van der Waals surface area contributed by atoms with Crippen LogP contribution in [0.25, 0.3) is 0 Å². The van der Waals surface area contributed by atoms with E-state index in [1.54, 1.807) is 12.8 Å². The minimum absolute atomic E-state index is 0.798. The van der Waals surface area contributed by atoms with Crippen LogP contribution in [0.2, 0.25) is 0 Å². The number of alkyl halides is 2. The molecule has 3 atom stereocenters. The van der Waals surface area contributed by atoms with E-state index >= 15 is 0 Å². The lowest BCUT2D eigenvalue weighted by atomic mass is 9.78. The van der Waals surface area contributed by atoms with Gasteiger partial charge in [-0.05, 0) is 42.9 Å². The number of fused-ring (bicyclic) bond motifs is 2. The molecule has 3 unspecified atom stereocenters. The van der Waals surface area contributed by atoms with Crippen molar-refractivity contribution < 1.29 is 0 Å². The van der Waals surface area contributed by atoms with Gasteiger partial charge >= 0.3 is 0 Å². The van der Waals surface area contributed by atoms with Gasteiger partial charge in [-0.15, -0.1) is 0 Å². The molecule has 0 radical (unpaired) electrons. The first-order valence-corrected chi connectivity index (χ1v) is 7.48. The van der Waals surface area contributed by atoms with Gasteiger partial charge in [-0.3, -0.25) is 0 Å². The van der Waals surface area contributed by atoms with E-state index in [4.69, 9.17) is 0 Å². The van der Waals surface area contributed by atoms with Crippen LogP contribution < -0.4 is 0 Å². The smallest absolute Gasteiger partial charge is 0.00550 e. The van der Waals surface area contributed by atoms with Gasteiger partial charge in [0.1, 0.15) is 0 Å².